The Kier molecular flexibility index (Phi) is 8.79. The molecule has 1 saturated heterocycles. The van der Waals surface area contributed by atoms with Crippen molar-refractivity contribution in [3.63, 3.8) is 0 Å². The van der Waals surface area contributed by atoms with Crippen LogP contribution in [0.3, 0.4) is 0 Å². The van der Waals surface area contributed by atoms with Gasteiger partial charge in [-0.3, -0.25) is 0 Å². The van der Waals surface area contributed by atoms with Crippen molar-refractivity contribution in [2.45, 2.75) is 51.0 Å². The minimum absolute atomic E-state index is 0.131. The summed E-state index contributed by atoms with van der Waals surface area (Å²) in [6.45, 7) is 5.38. The molecule has 18 heavy (non-hydrogen) atoms. The van der Waals surface area contributed by atoms with Crippen molar-refractivity contribution >= 4 is 35.2 Å². The van der Waals surface area contributed by atoms with Gasteiger partial charge in [0.05, 0.1) is 0 Å². The molecule has 0 bridgehead atoms. The zero-order chi connectivity index (χ0) is 13.7. The molecule has 0 aliphatic carbocycles. The summed E-state index contributed by atoms with van der Waals surface area (Å²) < 4.78 is 2.16. The third-order valence-electron chi connectivity index (χ3n) is 3.74. The second-order valence-corrected chi connectivity index (χ2v) is 11.9. The van der Waals surface area contributed by atoms with Crippen LogP contribution in [-0.2, 0) is 0 Å². The van der Waals surface area contributed by atoms with E-state index in [1.807, 2.05) is 0 Å². The molecule has 0 saturated carbocycles. The van der Waals surface area contributed by atoms with Crippen molar-refractivity contribution in [2.75, 3.05) is 12.3 Å². The fourth-order valence-corrected chi connectivity index (χ4v) is 8.63. The molecule has 110 valence electrons. The predicted molar refractivity (Wildman–Crippen MR) is 86.5 cm³/mol. The van der Waals surface area contributed by atoms with Crippen LogP contribution in [0.15, 0.2) is 0 Å². The van der Waals surface area contributed by atoms with Gasteiger partial charge in [0, 0.05) is 0 Å². The van der Waals surface area contributed by atoms with Crippen LogP contribution in [0, 0.1) is 11.8 Å². The summed E-state index contributed by atoms with van der Waals surface area (Å²) in [5.41, 5.74) is 5.97. The molecule has 0 amide bonds. The van der Waals surface area contributed by atoms with E-state index in [1.54, 1.807) is 0 Å². The molecule has 0 aromatic carbocycles. The van der Waals surface area contributed by atoms with Crippen molar-refractivity contribution < 1.29 is 26.3 Å². The molecule has 3 N–H and O–H groups in total. The van der Waals surface area contributed by atoms with E-state index in [-0.39, 0.29) is 27.3 Å². The van der Waals surface area contributed by atoms with E-state index in [0.29, 0.717) is 15.8 Å². The van der Waals surface area contributed by atoms with Crippen LogP contribution in [0.5, 0.6) is 0 Å². The van der Waals surface area contributed by atoms with Gasteiger partial charge in [-0.25, -0.2) is 0 Å². The molecule has 1 rings (SSSR count). The fourth-order valence-electron chi connectivity index (χ4n) is 2.56. The Balaban J connectivity index is 2.75. The second kappa shape index (κ2) is 8.89. The first kappa shape index (κ1) is 17.8. The molecular formula is C13H26I2NOS-. The average molecular weight is 498 g/mol. The third kappa shape index (κ3) is 5.61. The molecule has 2 nitrogen and oxygen atoms in total. The van der Waals surface area contributed by atoms with E-state index in [4.69, 9.17) is 5.73 Å². The molecule has 5 heteroatoms. The monoisotopic (exact) mass is 498 g/mol. The molecule has 6 atom stereocenters. The van der Waals surface area contributed by atoms with E-state index in [2.05, 4.69) is 49.1 Å². The number of hydrogen-bond donors (Lipinski definition) is 3. The number of nitrogens with two attached hydrogens (primary N) is 1. The average Bonchev–Trinajstić information content (AvgIpc) is 2.33. The Morgan fingerprint density at radius 3 is 2.56 bits per heavy atom. The molecule has 1 aliphatic heterocycles. The molecule has 1 aliphatic rings. The van der Waals surface area contributed by atoms with Gasteiger partial charge in [0.2, 0.25) is 0 Å². The Morgan fingerprint density at radius 2 is 2.00 bits per heavy atom. The number of rotatable bonds is 2. The van der Waals surface area contributed by atoms with Crippen LogP contribution in [0.25, 0.3) is 0 Å². The molecule has 1 fully saturated rings. The zero-order valence-electron chi connectivity index (χ0n) is 11.2. The van der Waals surface area contributed by atoms with Crippen molar-refractivity contribution in [1.29, 1.82) is 0 Å². The van der Waals surface area contributed by atoms with Gasteiger partial charge in [-0.1, -0.05) is 0 Å². The molecule has 0 radical (unpaired) electrons. The van der Waals surface area contributed by atoms with E-state index in [0.717, 1.165) is 33.0 Å². The van der Waals surface area contributed by atoms with Crippen LogP contribution < -0.4 is 26.9 Å². The molecule has 0 spiro atoms. The summed E-state index contributed by atoms with van der Waals surface area (Å²) in [7, 11) is 0. The SMILES string of the molecule is CC1C[C@H](C)[C@@H](O)C[C@H](CS)CC(I)C(CN)[I-]1. The summed E-state index contributed by atoms with van der Waals surface area (Å²) in [5, 5.41) is 10.3. The first-order valence-corrected chi connectivity index (χ1v) is 11.1. The normalized spacial score (nSPS) is 44.1. The van der Waals surface area contributed by atoms with Gasteiger partial charge >= 0.3 is 142 Å². The first-order valence-electron chi connectivity index (χ1n) is 6.72. The summed E-state index contributed by atoms with van der Waals surface area (Å²) in [6, 6.07) is 0. The van der Waals surface area contributed by atoms with E-state index in [1.165, 1.54) is 6.42 Å². The quantitative estimate of drug-likeness (QED) is 0.269. The topological polar surface area (TPSA) is 46.2 Å². The van der Waals surface area contributed by atoms with Gasteiger partial charge in [-0.05, 0) is 0 Å². The molecule has 1 heterocycles. The second-order valence-electron chi connectivity index (χ2n) is 5.47. The first-order chi connectivity index (χ1) is 8.47. The molecule has 3 unspecified atom stereocenters. The molecule has 0 aromatic heterocycles. The number of halogens is 2. The Hall–Kier alpha value is 1.73. The van der Waals surface area contributed by atoms with Crippen LogP contribution >= 0.6 is 35.2 Å². The fraction of sp³-hybridized carbons (Fsp3) is 1.00. The summed E-state index contributed by atoms with van der Waals surface area (Å²) >= 11 is 7.17. The van der Waals surface area contributed by atoms with E-state index >= 15 is 0 Å². The van der Waals surface area contributed by atoms with Gasteiger partial charge < -0.3 is 0 Å². The number of hydrogen-bond acceptors (Lipinski definition) is 3. The minimum atomic E-state index is -0.147. The number of thiol groups is 1. The van der Waals surface area contributed by atoms with Gasteiger partial charge in [-0.2, -0.15) is 0 Å². The van der Waals surface area contributed by atoms with Crippen LogP contribution in [0.1, 0.15) is 33.1 Å². The number of aliphatic hydroxyl groups excluding tert-OH is 1. The van der Waals surface area contributed by atoms with Gasteiger partial charge in [0.15, 0.2) is 0 Å². The van der Waals surface area contributed by atoms with Crippen molar-refractivity contribution in [3.05, 3.63) is 0 Å². The zero-order valence-corrected chi connectivity index (χ0v) is 16.4. The third-order valence-corrected chi connectivity index (χ3v) is 11.0. The van der Waals surface area contributed by atoms with Gasteiger partial charge in [0.25, 0.3) is 0 Å². The van der Waals surface area contributed by atoms with Gasteiger partial charge in [0.1, 0.15) is 0 Å². The number of aliphatic hydroxyl groups is 1. The van der Waals surface area contributed by atoms with Crippen molar-refractivity contribution in [3.8, 4) is 0 Å². The van der Waals surface area contributed by atoms with E-state index in [9.17, 15) is 5.11 Å². The van der Waals surface area contributed by atoms with Crippen LogP contribution in [-0.4, -0.2) is 35.3 Å². The number of alkyl halides is 3. The summed E-state index contributed by atoms with van der Waals surface area (Å²) in [6.07, 6.45) is 3.09. The van der Waals surface area contributed by atoms with Crippen molar-refractivity contribution in [1.82, 2.24) is 0 Å². The maximum atomic E-state index is 10.3. The summed E-state index contributed by atoms with van der Waals surface area (Å²) in [4.78, 5) is 0. The standard InChI is InChI=1S/C13H26I2NOS/c1-8-3-9(2)15-12(6-16)11(14)4-10(7-18)5-13(8)17/h8-13,17-18H,3-7,16H2,1-2H3/q-1/t8-,9?,10+,11?,12?,13-/m0/s1. The molecular weight excluding hydrogens is 472 g/mol. The van der Waals surface area contributed by atoms with Crippen molar-refractivity contribution in [2.24, 2.45) is 17.6 Å². The maximum absolute atomic E-state index is 10.3. The van der Waals surface area contributed by atoms with Crippen LogP contribution in [0.2, 0.25) is 0 Å². The van der Waals surface area contributed by atoms with Gasteiger partial charge in [-0.15, -0.1) is 0 Å². The molecule has 0 aromatic rings. The van der Waals surface area contributed by atoms with E-state index < -0.39 is 0 Å². The Labute approximate surface area is 141 Å². The van der Waals surface area contributed by atoms with Crippen LogP contribution in [0.4, 0.5) is 0 Å². The summed E-state index contributed by atoms with van der Waals surface area (Å²) in [5.74, 6) is 1.85. The predicted octanol–water partition coefficient (Wildman–Crippen LogP) is -0.678. The Bertz CT molecular complexity index is 245. The Morgan fingerprint density at radius 1 is 1.33 bits per heavy atom.